The van der Waals surface area contributed by atoms with Gasteiger partial charge in [0.15, 0.2) is 0 Å². The number of methoxy groups -OCH3 is 1. The standard InChI is InChI=1S/C19H24N4O2/c1-25-17-5-3-2-4-16(17)20-18(24)12-23-10-8-14-15(9-11-23)21-22-19(14)13-6-7-13/h2-5,13H,6-12H2,1H3,(H,20,24)(H,21,22). The number of nitrogens with zero attached hydrogens (tertiary/aromatic N) is 2. The maximum atomic E-state index is 12.4. The molecule has 1 saturated carbocycles. The van der Waals surface area contributed by atoms with Gasteiger partial charge in [-0.2, -0.15) is 5.10 Å². The number of ether oxygens (including phenoxy) is 1. The van der Waals surface area contributed by atoms with E-state index < -0.39 is 0 Å². The third kappa shape index (κ3) is 3.54. The van der Waals surface area contributed by atoms with Crippen molar-refractivity contribution >= 4 is 11.6 Å². The number of benzene rings is 1. The van der Waals surface area contributed by atoms with Crippen molar-refractivity contribution in [1.82, 2.24) is 15.1 Å². The number of para-hydroxylation sites is 2. The Morgan fingerprint density at radius 1 is 1.32 bits per heavy atom. The van der Waals surface area contributed by atoms with Crippen LogP contribution >= 0.6 is 0 Å². The molecule has 2 aliphatic rings. The third-order valence-corrected chi connectivity index (χ3v) is 5.05. The van der Waals surface area contributed by atoms with Gasteiger partial charge in [-0.25, -0.2) is 0 Å². The molecule has 2 aromatic rings. The van der Waals surface area contributed by atoms with Gasteiger partial charge in [0.05, 0.1) is 25.0 Å². The van der Waals surface area contributed by atoms with Crippen molar-refractivity contribution in [3.05, 3.63) is 41.2 Å². The molecule has 1 aromatic carbocycles. The first-order chi connectivity index (χ1) is 12.2. The predicted molar refractivity (Wildman–Crippen MR) is 96.0 cm³/mol. The largest absolute Gasteiger partial charge is 0.495 e. The van der Waals surface area contributed by atoms with Crippen LogP contribution < -0.4 is 10.1 Å². The monoisotopic (exact) mass is 340 g/mol. The van der Waals surface area contributed by atoms with Gasteiger partial charge < -0.3 is 10.1 Å². The van der Waals surface area contributed by atoms with Crippen LogP contribution in [-0.2, 0) is 17.6 Å². The summed E-state index contributed by atoms with van der Waals surface area (Å²) in [6.07, 6.45) is 4.43. The molecule has 1 fully saturated rings. The lowest BCUT2D eigenvalue weighted by Crippen LogP contribution is -2.35. The number of aromatic amines is 1. The highest BCUT2D eigenvalue weighted by atomic mass is 16.5. The third-order valence-electron chi connectivity index (χ3n) is 5.05. The van der Waals surface area contributed by atoms with E-state index in [2.05, 4.69) is 20.4 Å². The van der Waals surface area contributed by atoms with E-state index in [0.29, 0.717) is 18.2 Å². The second kappa shape index (κ2) is 6.88. The highest BCUT2D eigenvalue weighted by Crippen LogP contribution is 2.41. The molecule has 0 saturated heterocycles. The second-order valence-electron chi connectivity index (χ2n) is 6.86. The molecule has 1 amide bonds. The van der Waals surface area contributed by atoms with Crippen molar-refractivity contribution in [2.24, 2.45) is 0 Å². The van der Waals surface area contributed by atoms with Crippen molar-refractivity contribution in [3.8, 4) is 5.75 Å². The van der Waals surface area contributed by atoms with Crippen LogP contribution in [0.2, 0.25) is 0 Å². The van der Waals surface area contributed by atoms with Crippen molar-refractivity contribution in [1.29, 1.82) is 0 Å². The van der Waals surface area contributed by atoms with Crippen LogP contribution in [0.15, 0.2) is 24.3 Å². The van der Waals surface area contributed by atoms with Gasteiger partial charge >= 0.3 is 0 Å². The summed E-state index contributed by atoms with van der Waals surface area (Å²) in [4.78, 5) is 14.6. The number of carbonyl (C=O) groups is 1. The Morgan fingerprint density at radius 3 is 2.92 bits per heavy atom. The summed E-state index contributed by atoms with van der Waals surface area (Å²) in [6, 6.07) is 7.49. The number of hydrogen-bond donors (Lipinski definition) is 2. The van der Waals surface area contributed by atoms with Crippen molar-refractivity contribution in [3.63, 3.8) is 0 Å². The smallest absolute Gasteiger partial charge is 0.238 e. The van der Waals surface area contributed by atoms with Crippen LogP contribution in [0.3, 0.4) is 0 Å². The highest BCUT2D eigenvalue weighted by molar-refractivity contribution is 5.93. The van der Waals surface area contributed by atoms with Crippen LogP contribution in [0, 0.1) is 0 Å². The summed E-state index contributed by atoms with van der Waals surface area (Å²) in [5.74, 6) is 1.35. The molecule has 0 radical (unpaired) electrons. The maximum absolute atomic E-state index is 12.4. The van der Waals surface area contributed by atoms with Crippen molar-refractivity contribution in [2.45, 2.75) is 31.6 Å². The summed E-state index contributed by atoms with van der Waals surface area (Å²) in [7, 11) is 1.61. The molecular formula is C19H24N4O2. The molecular weight excluding hydrogens is 316 g/mol. The number of carbonyl (C=O) groups excluding carboxylic acids is 1. The summed E-state index contributed by atoms with van der Waals surface area (Å²) in [6.45, 7) is 2.17. The molecule has 2 heterocycles. The Balaban J connectivity index is 1.36. The first-order valence-electron chi connectivity index (χ1n) is 8.96. The quantitative estimate of drug-likeness (QED) is 0.876. The van der Waals surface area contributed by atoms with Gasteiger partial charge in [-0.05, 0) is 37.0 Å². The fraction of sp³-hybridized carbons (Fsp3) is 0.474. The lowest BCUT2D eigenvalue weighted by atomic mass is 10.1. The van der Waals surface area contributed by atoms with E-state index in [0.717, 1.165) is 31.6 Å². The topological polar surface area (TPSA) is 70.2 Å². The number of hydrogen-bond acceptors (Lipinski definition) is 4. The average Bonchev–Trinajstić information content (AvgIpc) is 3.41. The lowest BCUT2D eigenvalue weighted by molar-refractivity contribution is -0.117. The molecule has 0 atom stereocenters. The molecule has 1 aromatic heterocycles. The fourth-order valence-corrected chi connectivity index (χ4v) is 3.55. The normalized spacial score (nSPS) is 17.6. The number of H-pyrrole nitrogens is 1. The van der Waals surface area contributed by atoms with Crippen LogP contribution in [0.25, 0.3) is 0 Å². The molecule has 4 rings (SSSR count). The van der Waals surface area contributed by atoms with Gasteiger partial charge in [0.2, 0.25) is 5.91 Å². The number of anilines is 1. The van der Waals surface area contributed by atoms with E-state index in [-0.39, 0.29) is 5.91 Å². The second-order valence-corrected chi connectivity index (χ2v) is 6.86. The van der Waals surface area contributed by atoms with E-state index in [1.807, 2.05) is 24.3 Å². The minimum Gasteiger partial charge on any atom is -0.495 e. The van der Waals surface area contributed by atoms with Crippen molar-refractivity contribution < 1.29 is 9.53 Å². The summed E-state index contributed by atoms with van der Waals surface area (Å²) in [5.41, 5.74) is 4.65. The Labute approximate surface area is 147 Å². The Kier molecular flexibility index (Phi) is 4.44. The lowest BCUT2D eigenvalue weighted by Gasteiger charge is -2.19. The fourth-order valence-electron chi connectivity index (χ4n) is 3.55. The zero-order chi connectivity index (χ0) is 17.2. The number of amides is 1. The first kappa shape index (κ1) is 16.1. The Bertz CT molecular complexity index is 767. The van der Waals surface area contributed by atoms with E-state index in [1.165, 1.54) is 29.8 Å². The minimum atomic E-state index is -0.00407. The molecule has 0 bridgehead atoms. The number of nitrogens with one attached hydrogen (secondary N) is 2. The number of aromatic nitrogens is 2. The summed E-state index contributed by atoms with van der Waals surface area (Å²) < 4.78 is 5.29. The predicted octanol–water partition coefficient (Wildman–Crippen LogP) is 2.33. The zero-order valence-corrected chi connectivity index (χ0v) is 14.5. The van der Waals surface area contributed by atoms with Gasteiger partial charge in [-0.15, -0.1) is 0 Å². The van der Waals surface area contributed by atoms with Crippen LogP contribution in [0.5, 0.6) is 5.75 Å². The van der Waals surface area contributed by atoms with E-state index in [1.54, 1.807) is 7.11 Å². The molecule has 25 heavy (non-hydrogen) atoms. The molecule has 1 aliphatic carbocycles. The molecule has 0 spiro atoms. The maximum Gasteiger partial charge on any atom is 0.238 e. The van der Waals surface area contributed by atoms with Gasteiger partial charge in [0, 0.05) is 31.1 Å². The Hall–Kier alpha value is -2.34. The Morgan fingerprint density at radius 2 is 2.12 bits per heavy atom. The molecule has 132 valence electrons. The van der Waals surface area contributed by atoms with Crippen LogP contribution in [-0.4, -0.2) is 47.7 Å². The SMILES string of the molecule is COc1ccccc1NC(=O)CN1CCc2[nH]nc(C3CC3)c2CC1. The van der Waals surface area contributed by atoms with Crippen molar-refractivity contribution in [2.75, 3.05) is 32.1 Å². The molecule has 0 unspecified atom stereocenters. The molecule has 1 aliphatic heterocycles. The van der Waals surface area contributed by atoms with Gasteiger partial charge in [-0.3, -0.25) is 14.8 Å². The van der Waals surface area contributed by atoms with Gasteiger partial charge in [0.25, 0.3) is 0 Å². The summed E-state index contributed by atoms with van der Waals surface area (Å²) >= 11 is 0. The molecule has 2 N–H and O–H groups in total. The zero-order valence-electron chi connectivity index (χ0n) is 14.5. The first-order valence-corrected chi connectivity index (χ1v) is 8.96. The summed E-state index contributed by atoms with van der Waals surface area (Å²) in [5, 5.41) is 10.7. The minimum absolute atomic E-state index is 0.00407. The number of fused-ring (bicyclic) bond motifs is 1. The van der Waals surface area contributed by atoms with E-state index >= 15 is 0 Å². The number of rotatable bonds is 5. The van der Waals surface area contributed by atoms with E-state index in [9.17, 15) is 4.79 Å². The molecule has 6 nitrogen and oxygen atoms in total. The van der Waals surface area contributed by atoms with Crippen LogP contribution in [0.1, 0.15) is 35.7 Å². The van der Waals surface area contributed by atoms with Gasteiger partial charge in [0.1, 0.15) is 5.75 Å². The van der Waals surface area contributed by atoms with Crippen LogP contribution in [0.4, 0.5) is 5.69 Å². The molecule has 6 heteroatoms. The highest BCUT2D eigenvalue weighted by Gasteiger charge is 2.31. The average molecular weight is 340 g/mol. The van der Waals surface area contributed by atoms with E-state index in [4.69, 9.17) is 4.74 Å². The van der Waals surface area contributed by atoms with Gasteiger partial charge in [-0.1, -0.05) is 12.1 Å².